The fraction of sp³-hybridized carbons (Fsp3) is 0.643. The second-order valence-electron chi connectivity index (χ2n) is 5.21. The molecule has 1 atom stereocenters. The van der Waals surface area contributed by atoms with Crippen LogP contribution in [0.4, 0.5) is 5.88 Å². The van der Waals surface area contributed by atoms with Crippen LogP contribution in [0.1, 0.15) is 25.5 Å². The van der Waals surface area contributed by atoms with Gasteiger partial charge in [-0.05, 0) is 33.2 Å². The first kappa shape index (κ1) is 15.5. The highest BCUT2D eigenvalue weighted by atomic mass is 16.5. The lowest BCUT2D eigenvalue weighted by Crippen LogP contribution is -2.43. The lowest BCUT2D eigenvalue weighted by molar-refractivity contribution is -0.150. The average Bonchev–Trinajstić information content (AvgIpc) is 2.84. The standard InChI is InChI=1S/C14H21N3O4/c1-3-20-14(19)11-5-4-6-17(8-11)9-12(18)15-13-7-10(2)16-21-13/h7,11H,3-6,8-9H2,1-2H3,(H,15,18). The van der Waals surface area contributed by atoms with Crippen LogP contribution in [0, 0.1) is 12.8 Å². The fourth-order valence-corrected chi connectivity index (χ4v) is 2.45. The number of piperidine rings is 1. The molecule has 0 saturated carbocycles. The molecule has 1 amide bonds. The summed E-state index contributed by atoms with van der Waals surface area (Å²) in [6, 6.07) is 1.66. The van der Waals surface area contributed by atoms with E-state index in [-0.39, 0.29) is 24.3 Å². The molecule has 1 saturated heterocycles. The first-order valence-corrected chi connectivity index (χ1v) is 7.20. The highest BCUT2D eigenvalue weighted by Crippen LogP contribution is 2.18. The Morgan fingerprint density at radius 2 is 2.38 bits per heavy atom. The number of aryl methyl sites for hydroxylation is 1. The molecule has 7 heteroatoms. The highest BCUT2D eigenvalue weighted by molar-refractivity contribution is 5.91. The van der Waals surface area contributed by atoms with Gasteiger partial charge in [-0.1, -0.05) is 5.16 Å². The van der Waals surface area contributed by atoms with Crippen molar-refractivity contribution in [3.05, 3.63) is 11.8 Å². The Hall–Kier alpha value is -1.89. The summed E-state index contributed by atoms with van der Waals surface area (Å²) in [5.74, 6) is -0.139. The number of esters is 1. The van der Waals surface area contributed by atoms with E-state index in [1.165, 1.54) is 0 Å². The molecular formula is C14H21N3O4. The van der Waals surface area contributed by atoms with Crippen molar-refractivity contribution in [1.29, 1.82) is 0 Å². The van der Waals surface area contributed by atoms with Gasteiger partial charge in [-0.3, -0.25) is 19.8 Å². The maximum absolute atomic E-state index is 11.9. The molecule has 116 valence electrons. The van der Waals surface area contributed by atoms with Gasteiger partial charge in [0.2, 0.25) is 11.8 Å². The highest BCUT2D eigenvalue weighted by Gasteiger charge is 2.27. The minimum atomic E-state index is -0.173. The maximum atomic E-state index is 11.9. The number of likely N-dealkylation sites (tertiary alicyclic amines) is 1. The van der Waals surface area contributed by atoms with Crippen LogP contribution < -0.4 is 5.32 Å². The molecule has 7 nitrogen and oxygen atoms in total. The van der Waals surface area contributed by atoms with Gasteiger partial charge in [0.25, 0.3) is 0 Å². The van der Waals surface area contributed by atoms with Crippen LogP contribution >= 0.6 is 0 Å². The van der Waals surface area contributed by atoms with E-state index in [9.17, 15) is 9.59 Å². The van der Waals surface area contributed by atoms with Crippen molar-refractivity contribution in [3.63, 3.8) is 0 Å². The molecule has 1 aliphatic heterocycles. The summed E-state index contributed by atoms with van der Waals surface area (Å²) in [6.45, 7) is 5.57. The Morgan fingerprint density at radius 3 is 3.05 bits per heavy atom. The molecule has 1 fully saturated rings. The molecule has 2 rings (SSSR count). The zero-order chi connectivity index (χ0) is 15.2. The van der Waals surface area contributed by atoms with Crippen LogP contribution in [0.5, 0.6) is 0 Å². The zero-order valence-corrected chi connectivity index (χ0v) is 12.4. The van der Waals surface area contributed by atoms with E-state index >= 15 is 0 Å². The quantitative estimate of drug-likeness (QED) is 0.822. The monoisotopic (exact) mass is 295 g/mol. The van der Waals surface area contributed by atoms with Gasteiger partial charge in [0.15, 0.2) is 0 Å². The van der Waals surface area contributed by atoms with Crippen molar-refractivity contribution in [2.75, 3.05) is 31.6 Å². The largest absolute Gasteiger partial charge is 0.466 e. The number of hydrogen-bond acceptors (Lipinski definition) is 6. The molecule has 2 heterocycles. The smallest absolute Gasteiger partial charge is 0.310 e. The fourth-order valence-electron chi connectivity index (χ4n) is 2.45. The van der Waals surface area contributed by atoms with Crippen LogP contribution in [0.25, 0.3) is 0 Å². The summed E-state index contributed by atoms with van der Waals surface area (Å²) >= 11 is 0. The first-order valence-electron chi connectivity index (χ1n) is 7.20. The maximum Gasteiger partial charge on any atom is 0.310 e. The summed E-state index contributed by atoms with van der Waals surface area (Å²) in [6.07, 6.45) is 1.70. The van der Waals surface area contributed by atoms with E-state index in [1.807, 2.05) is 4.90 Å². The third-order valence-electron chi connectivity index (χ3n) is 3.38. The molecule has 1 unspecified atom stereocenters. The van der Waals surface area contributed by atoms with E-state index in [4.69, 9.17) is 9.26 Å². The van der Waals surface area contributed by atoms with E-state index in [0.29, 0.717) is 24.7 Å². The van der Waals surface area contributed by atoms with Gasteiger partial charge in [-0.2, -0.15) is 0 Å². The third kappa shape index (κ3) is 4.56. The van der Waals surface area contributed by atoms with Crippen LogP contribution in [0.2, 0.25) is 0 Å². The Balaban J connectivity index is 1.81. The molecule has 1 aliphatic rings. The van der Waals surface area contributed by atoms with Crippen molar-refractivity contribution in [1.82, 2.24) is 10.1 Å². The van der Waals surface area contributed by atoms with Crippen LogP contribution in [0.15, 0.2) is 10.6 Å². The molecule has 0 bridgehead atoms. The molecule has 1 aromatic heterocycles. The van der Waals surface area contributed by atoms with Crippen molar-refractivity contribution in [2.45, 2.75) is 26.7 Å². The number of ether oxygens (including phenoxy) is 1. The SMILES string of the molecule is CCOC(=O)C1CCCN(CC(=O)Nc2cc(C)no2)C1. The van der Waals surface area contributed by atoms with Crippen LogP contribution in [-0.4, -0.2) is 48.2 Å². The normalized spacial score (nSPS) is 19.2. The molecule has 0 radical (unpaired) electrons. The predicted molar refractivity (Wildman–Crippen MR) is 75.7 cm³/mol. The van der Waals surface area contributed by atoms with Gasteiger partial charge in [0.05, 0.1) is 24.8 Å². The minimum absolute atomic E-state index is 0.140. The van der Waals surface area contributed by atoms with Crippen molar-refractivity contribution in [2.24, 2.45) is 5.92 Å². The van der Waals surface area contributed by atoms with Gasteiger partial charge in [0, 0.05) is 12.6 Å². The zero-order valence-electron chi connectivity index (χ0n) is 12.4. The topological polar surface area (TPSA) is 84.7 Å². The summed E-state index contributed by atoms with van der Waals surface area (Å²) in [5.41, 5.74) is 0.714. The number of carbonyl (C=O) groups is 2. The average molecular weight is 295 g/mol. The number of rotatable bonds is 5. The number of hydrogen-bond donors (Lipinski definition) is 1. The van der Waals surface area contributed by atoms with Crippen molar-refractivity contribution < 1.29 is 18.8 Å². The van der Waals surface area contributed by atoms with Crippen molar-refractivity contribution >= 4 is 17.8 Å². The third-order valence-corrected chi connectivity index (χ3v) is 3.38. The van der Waals surface area contributed by atoms with Crippen molar-refractivity contribution in [3.8, 4) is 0 Å². The van der Waals surface area contributed by atoms with Gasteiger partial charge >= 0.3 is 5.97 Å². The second kappa shape index (κ2) is 7.21. The van der Waals surface area contributed by atoms with E-state index in [2.05, 4.69) is 10.5 Å². The molecule has 1 N–H and O–H groups in total. The predicted octanol–water partition coefficient (Wildman–Crippen LogP) is 1.20. The molecular weight excluding hydrogens is 274 g/mol. The number of carbonyl (C=O) groups excluding carboxylic acids is 2. The molecule has 21 heavy (non-hydrogen) atoms. The first-order chi connectivity index (χ1) is 10.1. The number of nitrogens with zero attached hydrogens (tertiary/aromatic N) is 2. The summed E-state index contributed by atoms with van der Waals surface area (Å²) in [4.78, 5) is 25.6. The summed E-state index contributed by atoms with van der Waals surface area (Å²) in [7, 11) is 0. The molecule has 0 aromatic carbocycles. The Bertz CT molecular complexity index is 500. The molecule has 1 aromatic rings. The van der Waals surface area contributed by atoms with Gasteiger partial charge in [-0.25, -0.2) is 0 Å². The van der Waals surface area contributed by atoms with Gasteiger partial charge < -0.3 is 9.26 Å². The lowest BCUT2D eigenvalue weighted by atomic mass is 9.98. The van der Waals surface area contributed by atoms with E-state index < -0.39 is 0 Å². The second-order valence-corrected chi connectivity index (χ2v) is 5.21. The van der Waals surface area contributed by atoms with E-state index in [1.54, 1.807) is 19.9 Å². The summed E-state index contributed by atoms with van der Waals surface area (Å²) < 4.78 is 9.98. The van der Waals surface area contributed by atoms with Gasteiger partial charge in [0.1, 0.15) is 0 Å². The van der Waals surface area contributed by atoms with Crippen LogP contribution in [-0.2, 0) is 14.3 Å². The minimum Gasteiger partial charge on any atom is -0.466 e. The van der Waals surface area contributed by atoms with Crippen LogP contribution in [0.3, 0.4) is 0 Å². The lowest BCUT2D eigenvalue weighted by Gasteiger charge is -2.30. The Kier molecular flexibility index (Phi) is 5.32. The summed E-state index contributed by atoms with van der Waals surface area (Å²) in [5, 5.41) is 6.36. The van der Waals surface area contributed by atoms with Gasteiger partial charge in [-0.15, -0.1) is 0 Å². The Labute approximate surface area is 123 Å². The molecule has 0 aliphatic carbocycles. The van der Waals surface area contributed by atoms with E-state index in [0.717, 1.165) is 19.4 Å². The number of anilines is 1. The Morgan fingerprint density at radius 1 is 1.57 bits per heavy atom. The number of nitrogens with one attached hydrogen (secondary N) is 1. The number of amides is 1. The number of aromatic nitrogens is 1. The molecule has 0 spiro atoms.